The van der Waals surface area contributed by atoms with E-state index in [0.29, 0.717) is 6.54 Å². The molecule has 2 aliphatic heterocycles. The minimum absolute atomic E-state index is 0.0431. The molecule has 3 heterocycles. The molecule has 0 atom stereocenters. The van der Waals surface area contributed by atoms with Crippen molar-refractivity contribution in [3.63, 3.8) is 0 Å². The van der Waals surface area contributed by atoms with E-state index >= 15 is 0 Å². The summed E-state index contributed by atoms with van der Waals surface area (Å²) in [5.41, 5.74) is 4.57. The maximum atomic E-state index is 14.1. The van der Waals surface area contributed by atoms with Gasteiger partial charge in [-0.25, -0.2) is 4.39 Å². The van der Waals surface area contributed by atoms with E-state index in [2.05, 4.69) is 44.9 Å². The minimum atomic E-state index is -0.151. The molecule has 1 N–H and O–H groups in total. The van der Waals surface area contributed by atoms with Crippen molar-refractivity contribution in [3.8, 4) is 5.69 Å². The number of nitrogens with one attached hydrogen (secondary N) is 1. The monoisotopic (exact) mass is 439 g/mol. The van der Waals surface area contributed by atoms with Crippen LogP contribution in [0.2, 0.25) is 5.02 Å². The van der Waals surface area contributed by atoms with Crippen LogP contribution in [0.15, 0.2) is 36.4 Å². The molecule has 0 spiro atoms. The lowest BCUT2D eigenvalue weighted by molar-refractivity contribution is 0.355. The summed E-state index contributed by atoms with van der Waals surface area (Å²) >= 11 is 6.24. The third kappa shape index (κ3) is 3.62. The van der Waals surface area contributed by atoms with E-state index in [4.69, 9.17) is 11.6 Å². The molecule has 1 aromatic heterocycles. The number of benzene rings is 2. The van der Waals surface area contributed by atoms with Crippen LogP contribution >= 0.6 is 11.6 Å². The van der Waals surface area contributed by atoms with Crippen LogP contribution in [0.4, 0.5) is 10.3 Å². The Kier molecular flexibility index (Phi) is 5.22. The molecule has 5 nitrogen and oxygen atoms in total. The number of hydrogen-bond donors (Lipinski definition) is 1. The van der Waals surface area contributed by atoms with Crippen LogP contribution in [0.25, 0.3) is 5.69 Å². The molecule has 0 amide bonds. The maximum absolute atomic E-state index is 14.1. The SMILES string of the molecule is CCc1ccc(F)cc1C1(C)CCN(c2nnc3n2-c2ccc(Cl)cc2CNC3)CC1. The van der Waals surface area contributed by atoms with Crippen molar-refractivity contribution in [2.24, 2.45) is 0 Å². The molecule has 0 unspecified atom stereocenters. The highest BCUT2D eigenvalue weighted by Crippen LogP contribution is 2.39. The van der Waals surface area contributed by atoms with Crippen LogP contribution in [0.3, 0.4) is 0 Å². The van der Waals surface area contributed by atoms with E-state index < -0.39 is 0 Å². The molecular formula is C24H27ClFN5. The summed E-state index contributed by atoms with van der Waals surface area (Å²) in [6, 6.07) is 11.2. The van der Waals surface area contributed by atoms with E-state index in [1.54, 1.807) is 12.1 Å². The Morgan fingerprint density at radius 1 is 1.10 bits per heavy atom. The normalized spacial score (nSPS) is 17.7. The number of rotatable bonds is 3. The van der Waals surface area contributed by atoms with Crippen LogP contribution in [0, 0.1) is 5.82 Å². The second-order valence-corrected chi connectivity index (χ2v) is 9.27. The molecule has 3 aromatic rings. The number of hydrogen-bond acceptors (Lipinski definition) is 4. The van der Waals surface area contributed by atoms with Crippen LogP contribution in [0.5, 0.6) is 0 Å². The molecule has 1 saturated heterocycles. The van der Waals surface area contributed by atoms with Gasteiger partial charge in [-0.2, -0.15) is 0 Å². The lowest BCUT2D eigenvalue weighted by Gasteiger charge is -2.41. The predicted octanol–water partition coefficient (Wildman–Crippen LogP) is 4.78. The highest BCUT2D eigenvalue weighted by molar-refractivity contribution is 6.30. The fourth-order valence-electron chi connectivity index (χ4n) is 4.98. The summed E-state index contributed by atoms with van der Waals surface area (Å²) in [5, 5.41) is 13.2. The van der Waals surface area contributed by atoms with Gasteiger partial charge in [-0.15, -0.1) is 10.2 Å². The van der Waals surface area contributed by atoms with Crippen molar-refractivity contribution in [3.05, 3.63) is 69.8 Å². The van der Waals surface area contributed by atoms with E-state index in [0.717, 1.165) is 72.5 Å². The second kappa shape index (κ2) is 7.92. The Balaban J connectivity index is 1.45. The van der Waals surface area contributed by atoms with Gasteiger partial charge in [-0.05, 0) is 71.7 Å². The zero-order chi connectivity index (χ0) is 21.6. The average Bonchev–Trinajstić information content (AvgIpc) is 3.09. The fraction of sp³-hybridized carbons (Fsp3) is 0.417. The summed E-state index contributed by atoms with van der Waals surface area (Å²) in [4.78, 5) is 2.31. The van der Waals surface area contributed by atoms with Crippen LogP contribution in [-0.4, -0.2) is 27.9 Å². The summed E-state index contributed by atoms with van der Waals surface area (Å²) < 4.78 is 16.2. The van der Waals surface area contributed by atoms with Crippen molar-refractivity contribution in [2.75, 3.05) is 18.0 Å². The number of nitrogens with zero attached hydrogens (tertiary/aromatic N) is 4. The lowest BCUT2D eigenvalue weighted by atomic mass is 9.72. The van der Waals surface area contributed by atoms with Gasteiger partial charge in [0, 0.05) is 24.7 Å². The quantitative estimate of drug-likeness (QED) is 0.637. The Morgan fingerprint density at radius 3 is 2.68 bits per heavy atom. The Hall–Kier alpha value is -2.44. The van der Waals surface area contributed by atoms with Crippen molar-refractivity contribution in [1.29, 1.82) is 0 Å². The van der Waals surface area contributed by atoms with Crippen molar-refractivity contribution >= 4 is 17.5 Å². The zero-order valence-electron chi connectivity index (χ0n) is 18.0. The third-order valence-corrected chi connectivity index (χ3v) is 7.08. The molecule has 0 saturated carbocycles. The molecule has 5 rings (SSSR count). The molecule has 0 bridgehead atoms. The van der Waals surface area contributed by atoms with Gasteiger partial charge < -0.3 is 10.2 Å². The van der Waals surface area contributed by atoms with Crippen LogP contribution in [-0.2, 0) is 24.9 Å². The summed E-state index contributed by atoms with van der Waals surface area (Å²) in [6.45, 7) is 7.52. The van der Waals surface area contributed by atoms with Gasteiger partial charge in [0.2, 0.25) is 5.95 Å². The molecule has 0 aliphatic carbocycles. The summed E-state index contributed by atoms with van der Waals surface area (Å²) in [7, 11) is 0. The second-order valence-electron chi connectivity index (χ2n) is 8.83. The smallest absolute Gasteiger partial charge is 0.231 e. The molecule has 162 valence electrons. The number of aryl methyl sites for hydroxylation is 1. The Bertz CT molecular complexity index is 1120. The van der Waals surface area contributed by atoms with E-state index in [1.165, 1.54) is 5.56 Å². The topological polar surface area (TPSA) is 46.0 Å². The van der Waals surface area contributed by atoms with Crippen molar-refractivity contribution in [2.45, 2.75) is 51.6 Å². The number of anilines is 1. The van der Waals surface area contributed by atoms with E-state index in [9.17, 15) is 4.39 Å². The molecule has 7 heteroatoms. The molecular weight excluding hydrogens is 413 g/mol. The van der Waals surface area contributed by atoms with E-state index in [1.807, 2.05) is 18.2 Å². The first kappa shape index (κ1) is 20.5. The largest absolute Gasteiger partial charge is 0.341 e. The predicted molar refractivity (Wildman–Crippen MR) is 121 cm³/mol. The standard InChI is InChI=1S/C24H27ClFN5/c1-3-16-4-6-19(26)13-20(16)24(2)8-10-30(11-9-24)23-29-28-22-15-27-14-17-12-18(25)5-7-21(17)31(22)23/h4-7,12-13,27H,3,8-11,14-15H2,1-2H3. The number of halogens is 2. The van der Waals surface area contributed by atoms with Gasteiger partial charge in [0.15, 0.2) is 5.82 Å². The van der Waals surface area contributed by atoms with Crippen molar-refractivity contribution < 1.29 is 4.39 Å². The molecule has 31 heavy (non-hydrogen) atoms. The third-order valence-electron chi connectivity index (χ3n) is 6.85. The maximum Gasteiger partial charge on any atom is 0.231 e. The number of aromatic nitrogens is 3. The molecule has 0 radical (unpaired) electrons. The van der Waals surface area contributed by atoms with Gasteiger partial charge >= 0.3 is 0 Å². The highest BCUT2D eigenvalue weighted by Gasteiger charge is 2.35. The summed E-state index contributed by atoms with van der Waals surface area (Å²) in [6.07, 6.45) is 2.80. The van der Waals surface area contributed by atoms with Gasteiger partial charge in [0.1, 0.15) is 5.82 Å². The van der Waals surface area contributed by atoms with Crippen LogP contribution in [0.1, 0.15) is 49.2 Å². The van der Waals surface area contributed by atoms with E-state index in [-0.39, 0.29) is 11.2 Å². The average molecular weight is 440 g/mol. The number of fused-ring (bicyclic) bond motifs is 3. The van der Waals surface area contributed by atoms with Crippen LogP contribution < -0.4 is 10.2 Å². The first-order chi connectivity index (χ1) is 15.0. The fourth-order valence-corrected chi connectivity index (χ4v) is 5.18. The first-order valence-electron chi connectivity index (χ1n) is 11.0. The van der Waals surface area contributed by atoms with Crippen molar-refractivity contribution in [1.82, 2.24) is 20.1 Å². The highest BCUT2D eigenvalue weighted by atomic mass is 35.5. The summed E-state index contributed by atoms with van der Waals surface area (Å²) in [5.74, 6) is 1.63. The van der Waals surface area contributed by atoms with Gasteiger partial charge in [0.25, 0.3) is 0 Å². The Morgan fingerprint density at radius 2 is 1.90 bits per heavy atom. The Labute approximate surface area is 187 Å². The molecule has 2 aliphatic rings. The zero-order valence-corrected chi connectivity index (χ0v) is 18.7. The minimum Gasteiger partial charge on any atom is -0.341 e. The molecule has 1 fully saturated rings. The number of piperidine rings is 1. The first-order valence-corrected chi connectivity index (χ1v) is 11.3. The molecule has 2 aromatic carbocycles. The van der Waals surface area contributed by atoms with Gasteiger partial charge in [-0.1, -0.05) is 31.5 Å². The van der Waals surface area contributed by atoms with Gasteiger partial charge in [-0.3, -0.25) is 4.57 Å². The van der Waals surface area contributed by atoms with Gasteiger partial charge in [0.05, 0.1) is 12.2 Å². The lowest BCUT2D eigenvalue weighted by Crippen LogP contribution is -2.42.